The van der Waals surface area contributed by atoms with Gasteiger partial charge in [0.05, 0.1) is 30.5 Å². The van der Waals surface area contributed by atoms with Crippen LogP contribution in [0.1, 0.15) is 22.6 Å². The second kappa shape index (κ2) is 8.45. The summed E-state index contributed by atoms with van der Waals surface area (Å²) in [6, 6.07) is 8.04. The van der Waals surface area contributed by atoms with Gasteiger partial charge in [0.2, 0.25) is 15.9 Å². The highest BCUT2D eigenvalue weighted by Crippen LogP contribution is 2.35. The molecular formula is C19H16ClF3N4O4S. The van der Waals surface area contributed by atoms with E-state index in [1.807, 2.05) is 0 Å². The van der Waals surface area contributed by atoms with Crippen LogP contribution in [0.25, 0.3) is 5.69 Å². The molecule has 0 bridgehead atoms. The Balaban J connectivity index is 2.20. The van der Waals surface area contributed by atoms with Gasteiger partial charge < -0.3 is 10.5 Å². The third kappa shape index (κ3) is 4.71. The van der Waals surface area contributed by atoms with Crippen molar-refractivity contribution in [3.05, 3.63) is 70.5 Å². The third-order valence-electron chi connectivity index (χ3n) is 4.58. The zero-order valence-electron chi connectivity index (χ0n) is 16.3. The minimum absolute atomic E-state index is 0.101. The molecule has 1 atom stereocenters. The normalized spacial score (nSPS) is 13.1. The van der Waals surface area contributed by atoms with Crippen LogP contribution in [0.3, 0.4) is 0 Å². The number of nitrogens with zero attached hydrogens (tertiary/aromatic N) is 2. The summed E-state index contributed by atoms with van der Waals surface area (Å²) in [5.74, 6) is -1.68. The van der Waals surface area contributed by atoms with E-state index in [4.69, 9.17) is 27.2 Å². The van der Waals surface area contributed by atoms with E-state index in [0.717, 1.165) is 10.7 Å². The van der Waals surface area contributed by atoms with Gasteiger partial charge >= 0.3 is 6.18 Å². The molecule has 3 rings (SSSR count). The molecule has 4 N–H and O–H groups in total. The number of sulfonamides is 1. The molecule has 1 amide bonds. The van der Waals surface area contributed by atoms with E-state index in [2.05, 4.69) is 5.10 Å². The molecule has 13 heteroatoms. The average Bonchev–Trinajstić information content (AvgIpc) is 3.19. The fourth-order valence-corrected chi connectivity index (χ4v) is 4.08. The Morgan fingerprint density at radius 2 is 1.91 bits per heavy atom. The van der Waals surface area contributed by atoms with E-state index < -0.39 is 38.5 Å². The first kappa shape index (κ1) is 23.6. The molecule has 3 aromatic rings. The third-order valence-corrected chi connectivity index (χ3v) is 5.86. The van der Waals surface area contributed by atoms with E-state index >= 15 is 0 Å². The maximum absolute atomic E-state index is 12.9. The predicted octanol–water partition coefficient (Wildman–Crippen LogP) is 2.82. The van der Waals surface area contributed by atoms with Crippen molar-refractivity contribution in [2.45, 2.75) is 17.0 Å². The molecule has 0 radical (unpaired) electrons. The number of alkyl halides is 3. The zero-order chi connectivity index (χ0) is 23.8. The van der Waals surface area contributed by atoms with E-state index in [0.29, 0.717) is 18.1 Å². The maximum Gasteiger partial charge on any atom is 0.419 e. The Hall–Kier alpha value is -3.09. The SMILES string of the molecule is COc1ccc(Cl)c(C(C(N)=O)c2ccc(-n3cc(C(F)(F)F)cn3)c(S(N)(=O)=O)c2)c1. The molecule has 0 saturated heterocycles. The summed E-state index contributed by atoms with van der Waals surface area (Å²) >= 11 is 6.22. The lowest BCUT2D eigenvalue weighted by molar-refractivity contribution is -0.137. The van der Waals surface area contributed by atoms with Crippen LogP contribution < -0.4 is 15.6 Å². The molecule has 0 saturated carbocycles. The van der Waals surface area contributed by atoms with Gasteiger partial charge in [0.1, 0.15) is 10.6 Å². The minimum Gasteiger partial charge on any atom is -0.497 e. The van der Waals surface area contributed by atoms with Crippen molar-refractivity contribution in [3.8, 4) is 11.4 Å². The number of rotatable bonds is 6. The number of nitrogens with two attached hydrogens (primary N) is 2. The first-order valence-corrected chi connectivity index (χ1v) is 10.7. The molecule has 8 nitrogen and oxygen atoms in total. The Morgan fingerprint density at radius 1 is 1.22 bits per heavy atom. The van der Waals surface area contributed by atoms with Crippen LogP contribution >= 0.6 is 11.6 Å². The van der Waals surface area contributed by atoms with Gasteiger partial charge in [0, 0.05) is 11.2 Å². The van der Waals surface area contributed by atoms with Crippen molar-refractivity contribution in [2.24, 2.45) is 10.9 Å². The number of ether oxygens (including phenoxy) is 1. The Morgan fingerprint density at radius 3 is 2.44 bits per heavy atom. The number of hydrogen-bond acceptors (Lipinski definition) is 5. The molecule has 0 aliphatic rings. The highest BCUT2D eigenvalue weighted by molar-refractivity contribution is 7.89. The van der Waals surface area contributed by atoms with Gasteiger partial charge in [-0.25, -0.2) is 18.2 Å². The van der Waals surface area contributed by atoms with Crippen LogP contribution in [-0.4, -0.2) is 31.2 Å². The van der Waals surface area contributed by atoms with E-state index in [9.17, 15) is 26.4 Å². The lowest BCUT2D eigenvalue weighted by Crippen LogP contribution is -2.24. The Bertz CT molecular complexity index is 1290. The van der Waals surface area contributed by atoms with Crippen molar-refractivity contribution in [3.63, 3.8) is 0 Å². The summed E-state index contributed by atoms with van der Waals surface area (Å²) in [4.78, 5) is 11.7. The van der Waals surface area contributed by atoms with Crippen molar-refractivity contribution >= 4 is 27.5 Å². The number of carbonyl (C=O) groups is 1. The summed E-state index contributed by atoms with van der Waals surface area (Å²) in [5, 5.41) is 9.04. The highest BCUT2D eigenvalue weighted by atomic mass is 35.5. The largest absolute Gasteiger partial charge is 0.497 e. The van der Waals surface area contributed by atoms with Gasteiger partial charge in [-0.05, 0) is 41.5 Å². The molecule has 170 valence electrons. The van der Waals surface area contributed by atoms with Crippen molar-refractivity contribution < 1.29 is 31.1 Å². The topological polar surface area (TPSA) is 130 Å². The van der Waals surface area contributed by atoms with Gasteiger partial charge in [-0.1, -0.05) is 17.7 Å². The second-order valence-electron chi connectivity index (χ2n) is 6.67. The van der Waals surface area contributed by atoms with Crippen LogP contribution in [0, 0.1) is 0 Å². The average molecular weight is 489 g/mol. The molecule has 0 fully saturated rings. The number of primary sulfonamides is 1. The monoisotopic (exact) mass is 488 g/mol. The Kier molecular flexibility index (Phi) is 6.22. The van der Waals surface area contributed by atoms with Gasteiger partial charge in [-0.2, -0.15) is 18.3 Å². The molecule has 1 aromatic heterocycles. The molecule has 32 heavy (non-hydrogen) atoms. The van der Waals surface area contributed by atoms with E-state index in [-0.39, 0.29) is 21.8 Å². The summed E-state index contributed by atoms with van der Waals surface area (Å²) in [5.41, 5.74) is 4.57. The smallest absolute Gasteiger partial charge is 0.419 e. The molecule has 1 heterocycles. The van der Waals surface area contributed by atoms with E-state index in [1.165, 1.54) is 31.4 Å². The number of amides is 1. The van der Waals surface area contributed by atoms with Crippen molar-refractivity contribution in [2.75, 3.05) is 7.11 Å². The minimum atomic E-state index is -4.68. The second-order valence-corrected chi connectivity index (χ2v) is 8.60. The number of carbonyl (C=O) groups excluding carboxylic acids is 1. The summed E-state index contributed by atoms with van der Waals surface area (Å²) in [6.45, 7) is 0. The quantitative estimate of drug-likeness (QED) is 0.551. The summed E-state index contributed by atoms with van der Waals surface area (Å²) in [7, 11) is -3.04. The van der Waals surface area contributed by atoms with Crippen LogP contribution in [-0.2, 0) is 21.0 Å². The van der Waals surface area contributed by atoms with Crippen LogP contribution in [0.4, 0.5) is 13.2 Å². The van der Waals surface area contributed by atoms with E-state index in [1.54, 1.807) is 6.07 Å². The molecule has 2 aromatic carbocycles. The standard InChI is InChI=1S/C19H16ClF3N4O4S/c1-31-12-3-4-14(20)13(7-12)17(18(24)28)10-2-5-15(16(6-10)32(25,29)30)27-9-11(8-26-27)19(21,22)23/h2-9,17H,1H3,(H2,24,28)(H2,25,29,30). The number of hydrogen-bond donors (Lipinski definition) is 2. The summed E-state index contributed by atoms with van der Waals surface area (Å²) in [6.07, 6.45) is -3.52. The lowest BCUT2D eigenvalue weighted by Gasteiger charge is -2.19. The number of aromatic nitrogens is 2. The number of methoxy groups -OCH3 is 1. The first-order chi connectivity index (χ1) is 14.8. The fourth-order valence-electron chi connectivity index (χ4n) is 3.10. The van der Waals surface area contributed by atoms with Crippen molar-refractivity contribution in [1.29, 1.82) is 0 Å². The Labute approximate surface area is 185 Å². The maximum atomic E-state index is 12.9. The van der Waals surface area contributed by atoms with Crippen LogP contribution in [0.5, 0.6) is 5.75 Å². The molecule has 1 unspecified atom stereocenters. The number of halogens is 4. The predicted molar refractivity (Wildman–Crippen MR) is 109 cm³/mol. The first-order valence-electron chi connectivity index (χ1n) is 8.74. The van der Waals surface area contributed by atoms with Crippen LogP contribution in [0.15, 0.2) is 53.7 Å². The van der Waals surface area contributed by atoms with Gasteiger partial charge in [-0.3, -0.25) is 4.79 Å². The van der Waals surface area contributed by atoms with Crippen molar-refractivity contribution in [1.82, 2.24) is 9.78 Å². The molecule has 0 spiro atoms. The van der Waals surface area contributed by atoms with Gasteiger partial charge in [0.25, 0.3) is 0 Å². The number of primary amides is 1. The highest BCUT2D eigenvalue weighted by Gasteiger charge is 2.33. The lowest BCUT2D eigenvalue weighted by atomic mass is 9.90. The number of benzene rings is 2. The van der Waals surface area contributed by atoms with Gasteiger partial charge in [0.15, 0.2) is 0 Å². The van der Waals surface area contributed by atoms with Gasteiger partial charge in [-0.15, -0.1) is 0 Å². The molecule has 0 aliphatic heterocycles. The summed E-state index contributed by atoms with van der Waals surface area (Å²) < 4.78 is 69.1. The molecular weight excluding hydrogens is 473 g/mol. The fraction of sp³-hybridized carbons (Fsp3) is 0.158. The molecule has 0 aliphatic carbocycles. The zero-order valence-corrected chi connectivity index (χ0v) is 17.9. The van der Waals surface area contributed by atoms with Crippen LogP contribution in [0.2, 0.25) is 5.02 Å².